The maximum atomic E-state index is 10.8. The van der Waals surface area contributed by atoms with Crippen LogP contribution in [0.25, 0.3) is 0 Å². The van der Waals surface area contributed by atoms with Crippen LogP contribution in [-0.4, -0.2) is 12.9 Å². The molecule has 1 aromatic rings. The molecule has 1 rings (SSSR count). The van der Waals surface area contributed by atoms with Gasteiger partial charge in [-0.1, -0.05) is 0 Å². The molecule has 0 aliphatic carbocycles. The fourth-order valence-electron chi connectivity index (χ4n) is 1.04. The average Bonchev–Trinajstić information content (AvgIpc) is 2.32. The van der Waals surface area contributed by atoms with E-state index in [2.05, 4.69) is 0 Å². The molecule has 12 heavy (non-hydrogen) atoms. The number of hydrogen-bond donors (Lipinski definition) is 0. The minimum Gasteiger partial charge on any atom is -0.496 e. The molecular formula is C9H12O2S. The Kier molecular flexibility index (Phi) is 2.87. The van der Waals surface area contributed by atoms with Gasteiger partial charge in [0.25, 0.3) is 0 Å². The number of Topliss-reactive ketones (excluding diaryl/α,β-unsaturated/α-hetero) is 1. The third-order valence-corrected chi connectivity index (χ3v) is 2.79. The number of rotatable bonds is 3. The number of ketones is 1. The van der Waals surface area contributed by atoms with Gasteiger partial charge in [0.2, 0.25) is 0 Å². The monoisotopic (exact) mass is 184 g/mol. The molecular weight excluding hydrogens is 172 g/mol. The van der Waals surface area contributed by atoms with E-state index in [9.17, 15) is 4.79 Å². The molecule has 0 aromatic carbocycles. The Morgan fingerprint density at radius 2 is 2.33 bits per heavy atom. The Balaban J connectivity index is 2.87. The quantitative estimate of drug-likeness (QED) is 0.719. The molecule has 1 heterocycles. The maximum Gasteiger partial charge on any atom is 0.135 e. The molecule has 0 radical (unpaired) electrons. The molecule has 66 valence electrons. The summed E-state index contributed by atoms with van der Waals surface area (Å²) in [7, 11) is 1.65. The lowest BCUT2D eigenvalue weighted by Crippen LogP contribution is -1.95. The van der Waals surface area contributed by atoms with Crippen molar-refractivity contribution in [1.82, 2.24) is 0 Å². The minimum atomic E-state index is 0.197. The molecule has 0 atom stereocenters. The Morgan fingerprint density at radius 1 is 1.67 bits per heavy atom. The summed E-state index contributed by atoms with van der Waals surface area (Å²) < 4.78 is 5.11. The highest BCUT2D eigenvalue weighted by Crippen LogP contribution is 2.28. The van der Waals surface area contributed by atoms with Crippen LogP contribution in [-0.2, 0) is 11.2 Å². The topological polar surface area (TPSA) is 26.3 Å². The fourth-order valence-corrected chi connectivity index (χ4v) is 2.13. The van der Waals surface area contributed by atoms with Crippen LogP contribution in [0.4, 0.5) is 0 Å². The summed E-state index contributed by atoms with van der Waals surface area (Å²) >= 11 is 1.58. The van der Waals surface area contributed by atoms with Gasteiger partial charge in [-0.3, -0.25) is 4.79 Å². The van der Waals surface area contributed by atoms with E-state index in [1.165, 1.54) is 0 Å². The highest BCUT2D eigenvalue weighted by Gasteiger charge is 2.08. The first kappa shape index (κ1) is 9.26. The van der Waals surface area contributed by atoms with Crippen LogP contribution in [0.3, 0.4) is 0 Å². The van der Waals surface area contributed by atoms with E-state index in [4.69, 9.17) is 4.74 Å². The minimum absolute atomic E-state index is 0.197. The number of thiophene rings is 1. The van der Waals surface area contributed by atoms with Crippen molar-refractivity contribution in [2.75, 3.05) is 7.11 Å². The smallest absolute Gasteiger partial charge is 0.135 e. The molecule has 0 saturated carbocycles. The van der Waals surface area contributed by atoms with Crippen molar-refractivity contribution in [2.24, 2.45) is 0 Å². The fraction of sp³-hybridized carbons (Fsp3) is 0.444. The Hall–Kier alpha value is -0.830. The van der Waals surface area contributed by atoms with Gasteiger partial charge in [-0.2, -0.15) is 0 Å². The lowest BCUT2D eigenvalue weighted by Gasteiger charge is -1.98. The van der Waals surface area contributed by atoms with Crippen LogP contribution in [0.15, 0.2) is 5.38 Å². The van der Waals surface area contributed by atoms with Crippen molar-refractivity contribution >= 4 is 17.1 Å². The zero-order valence-electron chi connectivity index (χ0n) is 7.51. The number of carbonyl (C=O) groups is 1. The van der Waals surface area contributed by atoms with E-state index in [0.29, 0.717) is 6.42 Å². The van der Waals surface area contributed by atoms with Crippen LogP contribution in [0.2, 0.25) is 0 Å². The van der Waals surface area contributed by atoms with Crippen molar-refractivity contribution in [3.05, 3.63) is 15.8 Å². The lowest BCUT2D eigenvalue weighted by atomic mass is 10.2. The summed E-state index contributed by atoms with van der Waals surface area (Å²) in [5.74, 6) is 1.08. The summed E-state index contributed by atoms with van der Waals surface area (Å²) in [5, 5.41) is 1.94. The van der Waals surface area contributed by atoms with Gasteiger partial charge < -0.3 is 4.74 Å². The lowest BCUT2D eigenvalue weighted by molar-refractivity contribution is -0.116. The van der Waals surface area contributed by atoms with Crippen LogP contribution in [0.1, 0.15) is 17.4 Å². The number of methoxy groups -OCH3 is 1. The van der Waals surface area contributed by atoms with E-state index in [-0.39, 0.29) is 5.78 Å². The van der Waals surface area contributed by atoms with Crippen LogP contribution in [0, 0.1) is 6.92 Å². The molecule has 0 spiro atoms. The molecule has 3 heteroatoms. The van der Waals surface area contributed by atoms with Crippen molar-refractivity contribution < 1.29 is 9.53 Å². The zero-order chi connectivity index (χ0) is 9.14. The molecule has 0 aliphatic heterocycles. The van der Waals surface area contributed by atoms with Gasteiger partial charge in [0.15, 0.2) is 0 Å². The number of ether oxygens (including phenoxy) is 1. The molecule has 0 amide bonds. The standard InChI is InChI=1S/C9H12O2S/c1-6(10)4-9-7(2)8(11-3)5-12-9/h5H,4H2,1-3H3. The normalized spacial score (nSPS) is 9.92. The average molecular weight is 184 g/mol. The second-order valence-electron chi connectivity index (χ2n) is 2.73. The molecule has 2 nitrogen and oxygen atoms in total. The molecule has 0 unspecified atom stereocenters. The van der Waals surface area contributed by atoms with E-state index in [1.807, 2.05) is 12.3 Å². The number of hydrogen-bond acceptors (Lipinski definition) is 3. The molecule has 0 N–H and O–H groups in total. The summed E-state index contributed by atoms with van der Waals surface area (Å²) in [5.41, 5.74) is 1.10. The molecule has 0 fully saturated rings. The summed E-state index contributed by atoms with van der Waals surface area (Å²) in [6.07, 6.45) is 0.528. The first-order valence-corrected chi connectivity index (χ1v) is 4.63. The van der Waals surface area contributed by atoms with Crippen molar-refractivity contribution in [1.29, 1.82) is 0 Å². The first-order valence-electron chi connectivity index (χ1n) is 3.75. The zero-order valence-corrected chi connectivity index (χ0v) is 8.33. The van der Waals surface area contributed by atoms with Crippen LogP contribution >= 0.6 is 11.3 Å². The van der Waals surface area contributed by atoms with Crippen LogP contribution < -0.4 is 4.74 Å². The van der Waals surface area contributed by atoms with E-state index in [0.717, 1.165) is 16.2 Å². The molecule has 0 bridgehead atoms. The Morgan fingerprint density at radius 3 is 2.75 bits per heavy atom. The third-order valence-electron chi connectivity index (χ3n) is 1.73. The van der Waals surface area contributed by atoms with Gasteiger partial charge in [0.1, 0.15) is 11.5 Å². The van der Waals surface area contributed by atoms with Gasteiger partial charge in [0, 0.05) is 22.2 Å². The van der Waals surface area contributed by atoms with Crippen molar-refractivity contribution in [3.8, 4) is 5.75 Å². The molecule has 1 aromatic heterocycles. The van der Waals surface area contributed by atoms with Crippen LogP contribution in [0.5, 0.6) is 5.75 Å². The van der Waals surface area contributed by atoms with Gasteiger partial charge >= 0.3 is 0 Å². The highest BCUT2D eigenvalue weighted by molar-refractivity contribution is 7.10. The van der Waals surface area contributed by atoms with E-state index in [1.54, 1.807) is 25.4 Å². The predicted octanol–water partition coefficient (Wildman–Crippen LogP) is 2.20. The SMILES string of the molecule is COc1csc(CC(C)=O)c1C. The number of carbonyl (C=O) groups excluding carboxylic acids is 1. The second kappa shape index (κ2) is 3.72. The van der Waals surface area contributed by atoms with Gasteiger partial charge in [-0.05, 0) is 13.8 Å². The van der Waals surface area contributed by atoms with E-state index >= 15 is 0 Å². The highest BCUT2D eigenvalue weighted by atomic mass is 32.1. The van der Waals surface area contributed by atoms with E-state index < -0.39 is 0 Å². The first-order chi connectivity index (χ1) is 5.65. The molecule has 0 aliphatic rings. The Labute approximate surface area is 76.2 Å². The van der Waals surface area contributed by atoms with Gasteiger partial charge in [0.05, 0.1) is 7.11 Å². The van der Waals surface area contributed by atoms with Gasteiger partial charge in [-0.25, -0.2) is 0 Å². The molecule has 0 saturated heterocycles. The third kappa shape index (κ3) is 1.85. The summed E-state index contributed by atoms with van der Waals surface area (Å²) in [6.45, 7) is 3.58. The summed E-state index contributed by atoms with van der Waals surface area (Å²) in [4.78, 5) is 11.9. The summed E-state index contributed by atoms with van der Waals surface area (Å²) in [6, 6.07) is 0. The largest absolute Gasteiger partial charge is 0.496 e. The predicted molar refractivity (Wildman–Crippen MR) is 50.0 cm³/mol. The van der Waals surface area contributed by atoms with Gasteiger partial charge in [-0.15, -0.1) is 11.3 Å². The van der Waals surface area contributed by atoms with Crippen molar-refractivity contribution in [2.45, 2.75) is 20.3 Å². The Bertz CT molecular complexity index is 289. The van der Waals surface area contributed by atoms with Crippen molar-refractivity contribution in [3.63, 3.8) is 0 Å². The second-order valence-corrected chi connectivity index (χ2v) is 3.70. The maximum absolute atomic E-state index is 10.8.